The Bertz CT molecular complexity index is 288. The number of rotatable bonds is 0. The lowest BCUT2D eigenvalue weighted by atomic mass is 10.00. The van der Waals surface area contributed by atoms with Gasteiger partial charge in [0.1, 0.15) is 6.23 Å². The van der Waals surface area contributed by atoms with E-state index in [1.807, 2.05) is 24.3 Å². The van der Waals surface area contributed by atoms with E-state index in [1.54, 1.807) is 0 Å². The molecule has 1 aromatic carbocycles. The highest BCUT2D eigenvalue weighted by molar-refractivity contribution is 5.54. The molecule has 2 unspecified atom stereocenters. The van der Waals surface area contributed by atoms with E-state index in [9.17, 15) is 10.2 Å². The van der Waals surface area contributed by atoms with Gasteiger partial charge in [0, 0.05) is 17.7 Å². The molecular formula is C9H11NO2. The number of hydrogen-bond donors (Lipinski definition) is 3. The fraction of sp³-hybridized carbons (Fsp3) is 0.333. The van der Waals surface area contributed by atoms with Crippen molar-refractivity contribution in [3.05, 3.63) is 29.8 Å². The first kappa shape index (κ1) is 7.58. The lowest BCUT2D eigenvalue weighted by Gasteiger charge is -2.26. The van der Waals surface area contributed by atoms with Gasteiger partial charge in [0.25, 0.3) is 0 Å². The predicted molar refractivity (Wildman–Crippen MR) is 45.6 cm³/mol. The molecule has 0 fully saturated rings. The summed E-state index contributed by atoms with van der Waals surface area (Å²) >= 11 is 0. The minimum absolute atomic E-state index is 0.358. The number of aliphatic hydroxyl groups is 2. The molecule has 2 atom stereocenters. The van der Waals surface area contributed by atoms with E-state index >= 15 is 0 Å². The van der Waals surface area contributed by atoms with Crippen LogP contribution in [0.5, 0.6) is 0 Å². The molecule has 2 rings (SSSR count). The first-order chi connectivity index (χ1) is 5.77. The molecular weight excluding hydrogens is 154 g/mol. The van der Waals surface area contributed by atoms with Gasteiger partial charge in [0.15, 0.2) is 0 Å². The van der Waals surface area contributed by atoms with Crippen molar-refractivity contribution in [1.82, 2.24) is 0 Å². The summed E-state index contributed by atoms with van der Waals surface area (Å²) in [5.74, 6) is 0. The third-order valence-electron chi connectivity index (χ3n) is 2.09. The monoisotopic (exact) mass is 165 g/mol. The first-order valence-electron chi connectivity index (χ1n) is 3.99. The Morgan fingerprint density at radius 3 is 2.83 bits per heavy atom. The van der Waals surface area contributed by atoms with Crippen molar-refractivity contribution in [1.29, 1.82) is 0 Å². The maximum Gasteiger partial charge on any atom is 0.127 e. The van der Waals surface area contributed by atoms with Crippen LogP contribution in [0.15, 0.2) is 24.3 Å². The third kappa shape index (κ3) is 1.17. The van der Waals surface area contributed by atoms with Crippen molar-refractivity contribution < 1.29 is 10.2 Å². The fourth-order valence-corrected chi connectivity index (χ4v) is 1.50. The second-order valence-electron chi connectivity index (χ2n) is 3.00. The van der Waals surface area contributed by atoms with Crippen molar-refractivity contribution in [3.63, 3.8) is 0 Å². The van der Waals surface area contributed by atoms with Gasteiger partial charge in [0.05, 0.1) is 6.10 Å². The standard InChI is InChI=1S/C9H11NO2/c11-8-5-9(12)10-7-4-2-1-3-6(7)8/h1-4,8-12H,5H2. The highest BCUT2D eigenvalue weighted by Crippen LogP contribution is 2.30. The van der Waals surface area contributed by atoms with Gasteiger partial charge in [0.2, 0.25) is 0 Å². The number of aliphatic hydroxyl groups excluding tert-OH is 2. The SMILES string of the molecule is OC1CC(O)c2ccccc2N1. The van der Waals surface area contributed by atoms with E-state index in [0.29, 0.717) is 6.42 Å². The number of fused-ring (bicyclic) bond motifs is 1. The Balaban J connectivity index is 2.40. The van der Waals surface area contributed by atoms with E-state index in [1.165, 1.54) is 0 Å². The highest BCUT2D eigenvalue weighted by Gasteiger charge is 2.22. The summed E-state index contributed by atoms with van der Waals surface area (Å²) < 4.78 is 0. The highest BCUT2D eigenvalue weighted by atomic mass is 16.3. The molecule has 1 aliphatic heterocycles. The molecule has 1 heterocycles. The largest absolute Gasteiger partial charge is 0.388 e. The van der Waals surface area contributed by atoms with E-state index in [-0.39, 0.29) is 0 Å². The quantitative estimate of drug-likeness (QED) is 0.534. The molecule has 3 nitrogen and oxygen atoms in total. The van der Waals surface area contributed by atoms with Gasteiger partial charge in [-0.25, -0.2) is 0 Å². The lowest BCUT2D eigenvalue weighted by molar-refractivity contribution is 0.0876. The minimum atomic E-state index is -0.630. The molecule has 1 aromatic rings. The fourth-order valence-electron chi connectivity index (χ4n) is 1.50. The smallest absolute Gasteiger partial charge is 0.127 e. The van der Waals surface area contributed by atoms with Crippen molar-refractivity contribution >= 4 is 5.69 Å². The Morgan fingerprint density at radius 2 is 2.00 bits per heavy atom. The normalized spacial score (nSPS) is 27.5. The summed E-state index contributed by atoms with van der Waals surface area (Å²) in [5, 5.41) is 21.7. The van der Waals surface area contributed by atoms with Crippen molar-refractivity contribution in [2.45, 2.75) is 18.8 Å². The molecule has 1 aliphatic rings. The molecule has 0 saturated heterocycles. The van der Waals surface area contributed by atoms with E-state index < -0.39 is 12.3 Å². The topological polar surface area (TPSA) is 52.5 Å². The maximum absolute atomic E-state index is 9.53. The molecule has 0 aromatic heterocycles. The van der Waals surface area contributed by atoms with E-state index in [0.717, 1.165) is 11.3 Å². The van der Waals surface area contributed by atoms with Crippen LogP contribution in [0.4, 0.5) is 5.69 Å². The van der Waals surface area contributed by atoms with Crippen molar-refractivity contribution in [3.8, 4) is 0 Å². The number of para-hydroxylation sites is 1. The minimum Gasteiger partial charge on any atom is -0.388 e. The van der Waals surface area contributed by atoms with Gasteiger partial charge in [-0.2, -0.15) is 0 Å². The zero-order chi connectivity index (χ0) is 8.55. The van der Waals surface area contributed by atoms with Crippen LogP contribution in [0.3, 0.4) is 0 Å². The van der Waals surface area contributed by atoms with Crippen LogP contribution in [0.25, 0.3) is 0 Å². The van der Waals surface area contributed by atoms with Gasteiger partial charge in [-0.05, 0) is 6.07 Å². The first-order valence-corrected chi connectivity index (χ1v) is 3.99. The summed E-state index contributed by atoms with van der Waals surface area (Å²) in [5.41, 5.74) is 1.69. The van der Waals surface area contributed by atoms with Crippen LogP contribution >= 0.6 is 0 Å². The molecule has 0 aliphatic carbocycles. The molecule has 0 spiro atoms. The summed E-state index contributed by atoms with van der Waals surface area (Å²) in [6.45, 7) is 0. The number of benzene rings is 1. The summed E-state index contributed by atoms with van der Waals surface area (Å²) in [6.07, 6.45) is -0.816. The van der Waals surface area contributed by atoms with Crippen LogP contribution < -0.4 is 5.32 Å². The van der Waals surface area contributed by atoms with Gasteiger partial charge in [-0.15, -0.1) is 0 Å². The Hall–Kier alpha value is -1.06. The number of hydrogen-bond acceptors (Lipinski definition) is 3. The van der Waals surface area contributed by atoms with Crippen LogP contribution in [0, 0.1) is 0 Å². The second-order valence-corrected chi connectivity index (χ2v) is 3.00. The van der Waals surface area contributed by atoms with Gasteiger partial charge >= 0.3 is 0 Å². The predicted octanol–water partition coefficient (Wildman–Crippen LogP) is 0.854. The molecule has 0 amide bonds. The summed E-state index contributed by atoms with van der Waals surface area (Å²) in [6, 6.07) is 7.46. The maximum atomic E-state index is 9.53. The average Bonchev–Trinajstić information content (AvgIpc) is 2.04. The Kier molecular flexibility index (Phi) is 1.75. The van der Waals surface area contributed by atoms with E-state index in [2.05, 4.69) is 5.32 Å². The van der Waals surface area contributed by atoms with Crippen LogP contribution in [-0.4, -0.2) is 16.4 Å². The molecule has 64 valence electrons. The van der Waals surface area contributed by atoms with Crippen molar-refractivity contribution in [2.75, 3.05) is 5.32 Å². The molecule has 3 heteroatoms. The third-order valence-corrected chi connectivity index (χ3v) is 2.09. The van der Waals surface area contributed by atoms with Gasteiger partial charge < -0.3 is 15.5 Å². The zero-order valence-electron chi connectivity index (χ0n) is 6.57. The van der Waals surface area contributed by atoms with Gasteiger partial charge in [-0.1, -0.05) is 18.2 Å². The van der Waals surface area contributed by atoms with Gasteiger partial charge in [-0.3, -0.25) is 0 Å². The molecule has 12 heavy (non-hydrogen) atoms. The summed E-state index contributed by atoms with van der Waals surface area (Å²) in [7, 11) is 0. The van der Waals surface area contributed by atoms with Crippen LogP contribution in [-0.2, 0) is 0 Å². The molecule has 0 radical (unpaired) electrons. The number of anilines is 1. The van der Waals surface area contributed by atoms with Crippen LogP contribution in [0.1, 0.15) is 18.1 Å². The Morgan fingerprint density at radius 1 is 1.25 bits per heavy atom. The lowest BCUT2D eigenvalue weighted by Crippen LogP contribution is -2.27. The summed E-state index contributed by atoms with van der Waals surface area (Å²) in [4.78, 5) is 0. The van der Waals surface area contributed by atoms with Crippen LogP contribution in [0.2, 0.25) is 0 Å². The molecule has 0 saturated carbocycles. The molecule has 3 N–H and O–H groups in total. The second kappa shape index (κ2) is 2.77. The number of nitrogens with one attached hydrogen (secondary N) is 1. The molecule has 0 bridgehead atoms. The average molecular weight is 165 g/mol. The zero-order valence-corrected chi connectivity index (χ0v) is 6.57. The van der Waals surface area contributed by atoms with Crippen molar-refractivity contribution in [2.24, 2.45) is 0 Å². The van der Waals surface area contributed by atoms with E-state index in [4.69, 9.17) is 0 Å². The Labute approximate surface area is 70.7 Å².